The molecule has 1 aromatic heterocycles. The van der Waals surface area contributed by atoms with Crippen molar-refractivity contribution in [1.82, 2.24) is 15.3 Å². The van der Waals surface area contributed by atoms with E-state index in [2.05, 4.69) is 32.5 Å². The molecule has 1 atom stereocenters. The molecule has 4 N–H and O–H groups in total. The Labute approximate surface area is 125 Å². The zero-order valence-corrected chi connectivity index (χ0v) is 12.9. The van der Waals surface area contributed by atoms with Crippen LogP contribution in [0.4, 0.5) is 11.6 Å². The van der Waals surface area contributed by atoms with Gasteiger partial charge in [0.1, 0.15) is 17.5 Å². The monoisotopic (exact) mass is 292 g/mol. The molecule has 0 aromatic carbocycles. The molecule has 0 radical (unpaired) electrons. The molecule has 1 aliphatic rings. The molecule has 21 heavy (non-hydrogen) atoms. The van der Waals surface area contributed by atoms with Crippen LogP contribution < -0.4 is 21.5 Å². The van der Waals surface area contributed by atoms with E-state index in [0.29, 0.717) is 5.82 Å². The Hall–Kier alpha value is -1.89. The van der Waals surface area contributed by atoms with E-state index in [9.17, 15) is 4.79 Å². The highest BCUT2D eigenvalue weighted by molar-refractivity contribution is 5.73. The summed E-state index contributed by atoms with van der Waals surface area (Å²) in [6, 6.07) is 0.181. The summed E-state index contributed by atoms with van der Waals surface area (Å²) in [5.41, 5.74) is 3.60. The molecule has 1 saturated heterocycles. The van der Waals surface area contributed by atoms with Crippen LogP contribution in [0.25, 0.3) is 0 Å². The molecule has 2 rings (SSSR count). The van der Waals surface area contributed by atoms with Crippen LogP contribution in [-0.2, 0) is 11.2 Å². The van der Waals surface area contributed by atoms with E-state index in [1.165, 1.54) is 0 Å². The van der Waals surface area contributed by atoms with Gasteiger partial charge in [-0.25, -0.2) is 15.8 Å². The Bertz CT molecular complexity index is 518. The maximum absolute atomic E-state index is 11.2. The molecular formula is C14H24N6O. The highest BCUT2D eigenvalue weighted by Crippen LogP contribution is 2.26. The number of nitrogen functional groups attached to an aromatic ring is 1. The second kappa shape index (κ2) is 6.71. The Balaban J connectivity index is 2.22. The van der Waals surface area contributed by atoms with Gasteiger partial charge in [-0.2, -0.15) is 0 Å². The summed E-state index contributed by atoms with van der Waals surface area (Å²) < 4.78 is 0. The minimum atomic E-state index is 0.0113. The summed E-state index contributed by atoms with van der Waals surface area (Å²) in [5, 5.41) is 2.96. The van der Waals surface area contributed by atoms with Crippen LogP contribution in [0.5, 0.6) is 0 Å². The van der Waals surface area contributed by atoms with Gasteiger partial charge >= 0.3 is 0 Å². The fourth-order valence-electron chi connectivity index (χ4n) is 2.69. The van der Waals surface area contributed by atoms with Gasteiger partial charge in [0.2, 0.25) is 5.91 Å². The first-order valence-electron chi connectivity index (χ1n) is 7.41. The molecule has 1 amide bonds. The van der Waals surface area contributed by atoms with Crippen molar-refractivity contribution >= 4 is 17.5 Å². The number of rotatable bonds is 5. The number of hydrazine groups is 1. The lowest BCUT2D eigenvalue weighted by atomic mass is 10.2. The second-order valence-electron chi connectivity index (χ2n) is 5.46. The molecule has 2 heterocycles. The van der Waals surface area contributed by atoms with E-state index in [1.807, 2.05) is 6.92 Å². The van der Waals surface area contributed by atoms with Gasteiger partial charge in [-0.1, -0.05) is 6.92 Å². The Morgan fingerprint density at radius 3 is 2.86 bits per heavy atom. The van der Waals surface area contributed by atoms with Crippen LogP contribution >= 0.6 is 0 Å². The van der Waals surface area contributed by atoms with Crippen molar-refractivity contribution in [2.75, 3.05) is 23.4 Å². The lowest BCUT2D eigenvalue weighted by Crippen LogP contribution is -2.36. The van der Waals surface area contributed by atoms with Crippen LogP contribution in [0.15, 0.2) is 0 Å². The average Bonchev–Trinajstić information content (AvgIpc) is 2.88. The van der Waals surface area contributed by atoms with Gasteiger partial charge < -0.3 is 15.6 Å². The second-order valence-corrected chi connectivity index (χ2v) is 5.46. The molecule has 1 fully saturated rings. The van der Waals surface area contributed by atoms with Crippen molar-refractivity contribution in [2.45, 2.75) is 46.1 Å². The number of amides is 1. The fraction of sp³-hybridized carbons (Fsp3) is 0.643. The minimum Gasteiger partial charge on any atom is -0.354 e. The number of nitrogens with one attached hydrogen (secondary N) is 2. The van der Waals surface area contributed by atoms with E-state index < -0.39 is 0 Å². The third kappa shape index (κ3) is 3.60. The number of anilines is 2. The third-order valence-electron chi connectivity index (χ3n) is 3.67. The zero-order chi connectivity index (χ0) is 15.4. The quantitative estimate of drug-likeness (QED) is 0.547. The smallest absolute Gasteiger partial charge is 0.217 e. The number of hydrogen-bond acceptors (Lipinski definition) is 6. The number of carbonyl (C=O) groups excluding carboxylic acids is 1. The summed E-state index contributed by atoms with van der Waals surface area (Å²) >= 11 is 0. The number of aromatic nitrogens is 2. The normalized spacial score (nSPS) is 17.9. The topological polar surface area (TPSA) is 96.2 Å². The largest absolute Gasteiger partial charge is 0.354 e. The summed E-state index contributed by atoms with van der Waals surface area (Å²) in [5.74, 6) is 7.96. The molecular weight excluding hydrogens is 268 g/mol. The number of hydrogen-bond donors (Lipinski definition) is 3. The molecule has 116 valence electrons. The van der Waals surface area contributed by atoms with Crippen molar-refractivity contribution < 1.29 is 4.79 Å². The van der Waals surface area contributed by atoms with Gasteiger partial charge in [0.05, 0.1) is 0 Å². The van der Waals surface area contributed by atoms with Crippen molar-refractivity contribution in [3.63, 3.8) is 0 Å². The highest BCUT2D eigenvalue weighted by Gasteiger charge is 2.26. The minimum absolute atomic E-state index is 0.0113. The Morgan fingerprint density at radius 2 is 2.24 bits per heavy atom. The summed E-state index contributed by atoms with van der Waals surface area (Å²) in [7, 11) is 0. The van der Waals surface area contributed by atoms with Gasteiger partial charge in [-0.05, 0) is 19.8 Å². The Morgan fingerprint density at radius 1 is 1.48 bits per heavy atom. The maximum atomic E-state index is 11.2. The lowest BCUT2D eigenvalue weighted by Gasteiger charge is -2.22. The van der Waals surface area contributed by atoms with E-state index in [-0.39, 0.29) is 11.9 Å². The standard InChI is InChI=1S/C14H24N6O/c1-4-5-12-17-13(19-15)9(2)14(18-12)20-7-6-11(8-20)16-10(3)21/h11H,4-8,15H2,1-3H3,(H,16,21)(H,17,18,19). The first-order chi connectivity index (χ1) is 10.0. The first kappa shape index (κ1) is 15.5. The predicted molar refractivity (Wildman–Crippen MR) is 83.0 cm³/mol. The molecule has 7 heteroatoms. The van der Waals surface area contributed by atoms with Crippen molar-refractivity contribution in [1.29, 1.82) is 0 Å². The van der Waals surface area contributed by atoms with Gasteiger partial charge in [0.15, 0.2) is 0 Å². The van der Waals surface area contributed by atoms with Crippen molar-refractivity contribution in [2.24, 2.45) is 5.84 Å². The molecule has 0 saturated carbocycles. The summed E-state index contributed by atoms with van der Waals surface area (Å²) in [4.78, 5) is 22.5. The van der Waals surface area contributed by atoms with Crippen LogP contribution in [0.2, 0.25) is 0 Å². The van der Waals surface area contributed by atoms with Gasteiger partial charge in [0.25, 0.3) is 0 Å². The fourth-order valence-corrected chi connectivity index (χ4v) is 2.69. The van der Waals surface area contributed by atoms with Gasteiger partial charge in [-0.15, -0.1) is 0 Å². The van der Waals surface area contributed by atoms with Crippen molar-refractivity contribution in [3.05, 3.63) is 11.4 Å². The number of nitrogens with two attached hydrogens (primary N) is 1. The average molecular weight is 292 g/mol. The highest BCUT2D eigenvalue weighted by atomic mass is 16.1. The van der Waals surface area contributed by atoms with Crippen LogP contribution in [-0.4, -0.2) is 35.0 Å². The third-order valence-corrected chi connectivity index (χ3v) is 3.67. The molecule has 0 bridgehead atoms. The predicted octanol–water partition coefficient (Wildman–Crippen LogP) is 0.738. The van der Waals surface area contributed by atoms with Crippen LogP contribution in [0.3, 0.4) is 0 Å². The SMILES string of the molecule is CCCc1nc(NN)c(C)c(N2CCC(NC(C)=O)C2)n1. The van der Waals surface area contributed by atoms with E-state index in [1.54, 1.807) is 6.92 Å². The molecule has 0 aliphatic carbocycles. The molecule has 1 unspecified atom stereocenters. The van der Waals surface area contributed by atoms with Gasteiger partial charge in [-0.3, -0.25) is 4.79 Å². The zero-order valence-electron chi connectivity index (χ0n) is 12.9. The van der Waals surface area contributed by atoms with E-state index >= 15 is 0 Å². The van der Waals surface area contributed by atoms with Crippen molar-refractivity contribution in [3.8, 4) is 0 Å². The number of carbonyl (C=O) groups is 1. The molecule has 7 nitrogen and oxygen atoms in total. The summed E-state index contributed by atoms with van der Waals surface area (Å²) in [6.45, 7) is 7.26. The molecule has 1 aliphatic heterocycles. The summed E-state index contributed by atoms with van der Waals surface area (Å²) in [6.07, 6.45) is 2.74. The molecule has 0 spiro atoms. The lowest BCUT2D eigenvalue weighted by molar-refractivity contribution is -0.119. The van der Waals surface area contributed by atoms with E-state index in [4.69, 9.17) is 5.84 Å². The number of nitrogens with zero attached hydrogens (tertiary/aromatic N) is 3. The number of aryl methyl sites for hydroxylation is 1. The van der Waals surface area contributed by atoms with Gasteiger partial charge in [0, 0.05) is 38.0 Å². The molecule has 1 aromatic rings. The van der Waals surface area contributed by atoms with E-state index in [0.717, 1.165) is 49.6 Å². The van der Waals surface area contributed by atoms with Crippen LogP contribution in [0.1, 0.15) is 38.1 Å². The van der Waals surface area contributed by atoms with Crippen LogP contribution in [0, 0.1) is 6.92 Å². The first-order valence-corrected chi connectivity index (χ1v) is 7.41. The Kier molecular flexibility index (Phi) is 4.95. The maximum Gasteiger partial charge on any atom is 0.217 e.